The molecule has 0 aliphatic rings. The van der Waals surface area contributed by atoms with E-state index in [2.05, 4.69) is 15.3 Å². The van der Waals surface area contributed by atoms with E-state index in [4.69, 9.17) is 16.3 Å². The van der Waals surface area contributed by atoms with Crippen LogP contribution in [0.25, 0.3) is 11.0 Å². The lowest BCUT2D eigenvalue weighted by molar-refractivity contribution is -0.123. The van der Waals surface area contributed by atoms with Crippen LogP contribution in [-0.2, 0) is 11.3 Å². The highest BCUT2D eigenvalue weighted by molar-refractivity contribution is 6.30. The van der Waals surface area contributed by atoms with E-state index in [1.807, 2.05) is 18.2 Å². The van der Waals surface area contributed by atoms with E-state index in [9.17, 15) is 4.79 Å². The van der Waals surface area contributed by atoms with Crippen LogP contribution >= 0.6 is 11.6 Å². The van der Waals surface area contributed by atoms with Gasteiger partial charge in [0.2, 0.25) is 0 Å². The number of nitrogens with one attached hydrogen (secondary N) is 1. The van der Waals surface area contributed by atoms with Crippen LogP contribution in [0.3, 0.4) is 0 Å². The minimum absolute atomic E-state index is 0.0466. The van der Waals surface area contributed by atoms with Crippen molar-refractivity contribution in [3.63, 3.8) is 0 Å². The fourth-order valence-corrected chi connectivity index (χ4v) is 2.18. The molecule has 116 valence electrons. The van der Waals surface area contributed by atoms with Gasteiger partial charge in [-0.1, -0.05) is 17.7 Å². The monoisotopic (exact) mass is 327 g/mol. The average Bonchev–Trinajstić information content (AvgIpc) is 2.59. The molecule has 1 N–H and O–H groups in total. The largest absolute Gasteiger partial charge is 0.484 e. The smallest absolute Gasteiger partial charge is 0.258 e. The Morgan fingerprint density at radius 2 is 1.78 bits per heavy atom. The third-order valence-corrected chi connectivity index (χ3v) is 3.46. The fraction of sp³-hybridized carbons (Fsp3) is 0.118. The summed E-state index contributed by atoms with van der Waals surface area (Å²) in [7, 11) is 0. The van der Waals surface area contributed by atoms with Crippen LogP contribution in [-0.4, -0.2) is 22.5 Å². The van der Waals surface area contributed by atoms with Crippen molar-refractivity contribution in [1.82, 2.24) is 15.3 Å². The van der Waals surface area contributed by atoms with Gasteiger partial charge in [0.15, 0.2) is 6.61 Å². The summed E-state index contributed by atoms with van der Waals surface area (Å²) in [5.41, 5.74) is 2.59. The number of aromatic nitrogens is 2. The maximum absolute atomic E-state index is 11.8. The van der Waals surface area contributed by atoms with Gasteiger partial charge < -0.3 is 10.1 Å². The second kappa shape index (κ2) is 7.07. The van der Waals surface area contributed by atoms with E-state index < -0.39 is 0 Å². The molecular weight excluding hydrogens is 314 g/mol. The van der Waals surface area contributed by atoms with Crippen LogP contribution in [0.15, 0.2) is 54.9 Å². The number of benzene rings is 2. The molecule has 0 atom stereocenters. The molecule has 0 bridgehead atoms. The van der Waals surface area contributed by atoms with Crippen molar-refractivity contribution < 1.29 is 9.53 Å². The van der Waals surface area contributed by atoms with Gasteiger partial charge >= 0.3 is 0 Å². The second-order valence-corrected chi connectivity index (χ2v) is 5.34. The summed E-state index contributed by atoms with van der Waals surface area (Å²) in [5, 5.41) is 3.43. The normalized spacial score (nSPS) is 10.5. The number of fused-ring (bicyclic) bond motifs is 1. The van der Waals surface area contributed by atoms with Crippen molar-refractivity contribution in [1.29, 1.82) is 0 Å². The Morgan fingerprint density at radius 3 is 2.57 bits per heavy atom. The van der Waals surface area contributed by atoms with E-state index in [-0.39, 0.29) is 12.5 Å². The fourth-order valence-electron chi connectivity index (χ4n) is 2.05. The first-order valence-electron chi connectivity index (χ1n) is 7.05. The molecule has 0 saturated carbocycles. The molecule has 1 heterocycles. The molecule has 0 spiro atoms. The van der Waals surface area contributed by atoms with Crippen LogP contribution in [0.4, 0.5) is 0 Å². The number of ether oxygens (including phenoxy) is 1. The molecule has 5 nitrogen and oxygen atoms in total. The minimum Gasteiger partial charge on any atom is -0.484 e. The van der Waals surface area contributed by atoms with Crippen molar-refractivity contribution in [2.45, 2.75) is 6.54 Å². The van der Waals surface area contributed by atoms with Crippen molar-refractivity contribution in [2.24, 2.45) is 0 Å². The predicted octanol–water partition coefficient (Wildman–Crippen LogP) is 2.98. The number of carbonyl (C=O) groups excluding carboxylic acids is 1. The molecule has 6 heteroatoms. The highest BCUT2D eigenvalue weighted by Crippen LogP contribution is 2.15. The average molecular weight is 328 g/mol. The molecule has 0 radical (unpaired) electrons. The first kappa shape index (κ1) is 15.2. The molecule has 3 aromatic rings. The van der Waals surface area contributed by atoms with Gasteiger partial charge in [-0.3, -0.25) is 14.8 Å². The number of amides is 1. The zero-order valence-electron chi connectivity index (χ0n) is 12.2. The van der Waals surface area contributed by atoms with Gasteiger partial charge in [0.05, 0.1) is 11.0 Å². The summed E-state index contributed by atoms with van der Waals surface area (Å²) in [6.07, 6.45) is 3.29. The lowest BCUT2D eigenvalue weighted by atomic mass is 10.2. The lowest BCUT2D eigenvalue weighted by Crippen LogP contribution is -2.28. The van der Waals surface area contributed by atoms with E-state index >= 15 is 0 Å². The molecule has 0 unspecified atom stereocenters. The van der Waals surface area contributed by atoms with Gasteiger partial charge in [0, 0.05) is 24.0 Å². The highest BCUT2D eigenvalue weighted by atomic mass is 35.5. The highest BCUT2D eigenvalue weighted by Gasteiger charge is 2.04. The van der Waals surface area contributed by atoms with Crippen molar-refractivity contribution in [3.05, 3.63) is 65.4 Å². The van der Waals surface area contributed by atoms with E-state index in [1.165, 1.54) is 0 Å². The second-order valence-electron chi connectivity index (χ2n) is 4.90. The van der Waals surface area contributed by atoms with Gasteiger partial charge in [0.1, 0.15) is 5.75 Å². The number of hydrogen-bond acceptors (Lipinski definition) is 4. The van der Waals surface area contributed by atoms with Gasteiger partial charge in [0.25, 0.3) is 5.91 Å². The van der Waals surface area contributed by atoms with E-state index in [0.29, 0.717) is 17.3 Å². The molecule has 23 heavy (non-hydrogen) atoms. The summed E-state index contributed by atoms with van der Waals surface area (Å²) in [4.78, 5) is 20.3. The molecule has 0 fully saturated rings. The SMILES string of the molecule is O=C(COc1ccc(Cl)cc1)NCc1ccc2nccnc2c1. The number of hydrogen-bond donors (Lipinski definition) is 1. The topological polar surface area (TPSA) is 64.1 Å². The maximum atomic E-state index is 11.8. The van der Waals surface area contributed by atoms with Gasteiger partial charge in [-0.15, -0.1) is 0 Å². The van der Waals surface area contributed by atoms with Gasteiger partial charge in [-0.05, 0) is 42.0 Å². The van der Waals surface area contributed by atoms with Gasteiger partial charge in [-0.2, -0.15) is 0 Å². The summed E-state index contributed by atoms with van der Waals surface area (Å²) < 4.78 is 5.39. The molecule has 3 rings (SSSR count). The number of halogens is 1. The summed E-state index contributed by atoms with van der Waals surface area (Å²) in [5.74, 6) is 0.407. The maximum Gasteiger partial charge on any atom is 0.258 e. The Labute approximate surface area is 138 Å². The van der Waals surface area contributed by atoms with Crippen molar-refractivity contribution >= 4 is 28.5 Å². The van der Waals surface area contributed by atoms with Crippen LogP contribution in [0, 0.1) is 0 Å². The Hall–Kier alpha value is -2.66. The van der Waals surface area contributed by atoms with Crippen LogP contribution < -0.4 is 10.1 Å². The molecule has 1 amide bonds. The molecule has 0 aliphatic carbocycles. The molecule has 1 aromatic heterocycles. The summed E-state index contributed by atoms with van der Waals surface area (Å²) in [6.45, 7) is 0.365. The zero-order valence-corrected chi connectivity index (χ0v) is 13.0. The van der Waals surface area contributed by atoms with Crippen molar-refractivity contribution in [2.75, 3.05) is 6.61 Å². The molecule has 2 aromatic carbocycles. The zero-order chi connectivity index (χ0) is 16.1. The van der Waals surface area contributed by atoms with E-state index in [1.54, 1.807) is 36.7 Å². The van der Waals surface area contributed by atoms with Gasteiger partial charge in [-0.25, -0.2) is 0 Å². The summed E-state index contributed by atoms with van der Waals surface area (Å²) in [6, 6.07) is 12.6. The van der Waals surface area contributed by atoms with Crippen molar-refractivity contribution in [3.8, 4) is 5.75 Å². The first-order chi connectivity index (χ1) is 11.2. The third kappa shape index (κ3) is 4.17. The summed E-state index contributed by atoms with van der Waals surface area (Å²) >= 11 is 5.79. The number of nitrogens with zero attached hydrogens (tertiary/aromatic N) is 2. The Balaban J connectivity index is 1.52. The Kier molecular flexibility index (Phi) is 4.68. The number of carbonyl (C=O) groups is 1. The molecule has 0 aliphatic heterocycles. The van der Waals surface area contributed by atoms with E-state index in [0.717, 1.165) is 16.6 Å². The number of rotatable bonds is 5. The Bertz CT molecular complexity index is 821. The lowest BCUT2D eigenvalue weighted by Gasteiger charge is -2.08. The predicted molar refractivity (Wildman–Crippen MR) is 88.3 cm³/mol. The third-order valence-electron chi connectivity index (χ3n) is 3.21. The minimum atomic E-state index is -0.195. The van der Waals surface area contributed by atoms with Crippen LogP contribution in [0.1, 0.15) is 5.56 Å². The van der Waals surface area contributed by atoms with Crippen LogP contribution in [0.5, 0.6) is 5.75 Å². The Morgan fingerprint density at radius 1 is 1.04 bits per heavy atom. The molecular formula is C17H14ClN3O2. The standard InChI is InChI=1S/C17H14ClN3O2/c18-13-2-4-14(5-3-13)23-11-17(22)21-10-12-1-6-15-16(9-12)20-8-7-19-15/h1-9H,10-11H2,(H,21,22). The molecule has 0 saturated heterocycles. The first-order valence-corrected chi connectivity index (χ1v) is 7.43. The quantitative estimate of drug-likeness (QED) is 0.782. The van der Waals surface area contributed by atoms with Crippen LogP contribution in [0.2, 0.25) is 5.02 Å².